The molecular formula is C13H16N2O4. The number of carbonyl (C=O) groups is 1. The van der Waals surface area contributed by atoms with E-state index in [2.05, 4.69) is 0 Å². The molecule has 1 saturated heterocycles. The number of likely N-dealkylation sites (tertiary alicyclic amines) is 1. The zero-order valence-corrected chi connectivity index (χ0v) is 10.7. The van der Waals surface area contributed by atoms with Gasteiger partial charge in [0.2, 0.25) is 5.91 Å². The van der Waals surface area contributed by atoms with E-state index in [-0.39, 0.29) is 17.7 Å². The quantitative estimate of drug-likeness (QED) is 0.615. The molecule has 0 unspecified atom stereocenters. The minimum atomic E-state index is -0.443. The fourth-order valence-electron chi connectivity index (χ4n) is 2.11. The summed E-state index contributed by atoms with van der Waals surface area (Å²) in [6.07, 6.45) is 1.27. The number of carbonyl (C=O) groups excluding carboxylic acids is 1. The Morgan fingerprint density at radius 3 is 2.74 bits per heavy atom. The van der Waals surface area contributed by atoms with Crippen LogP contribution in [0.3, 0.4) is 0 Å². The van der Waals surface area contributed by atoms with Gasteiger partial charge in [0.1, 0.15) is 11.9 Å². The van der Waals surface area contributed by atoms with Crippen LogP contribution in [0, 0.1) is 10.1 Å². The molecule has 1 fully saturated rings. The molecule has 1 heterocycles. The van der Waals surface area contributed by atoms with E-state index >= 15 is 0 Å². The molecule has 1 aromatic rings. The van der Waals surface area contributed by atoms with Gasteiger partial charge < -0.3 is 9.64 Å². The minimum absolute atomic E-state index is 0.0306. The summed E-state index contributed by atoms with van der Waals surface area (Å²) in [7, 11) is 0. The summed E-state index contributed by atoms with van der Waals surface area (Å²) in [5.74, 6) is 0.733. The van der Waals surface area contributed by atoms with Crippen molar-refractivity contribution in [3.63, 3.8) is 0 Å². The molecule has 2 rings (SSSR count). The third-order valence-corrected chi connectivity index (χ3v) is 3.15. The van der Waals surface area contributed by atoms with Crippen molar-refractivity contribution in [1.82, 2.24) is 4.90 Å². The number of rotatable bonds is 4. The van der Waals surface area contributed by atoms with E-state index in [4.69, 9.17) is 4.74 Å². The Morgan fingerprint density at radius 1 is 1.47 bits per heavy atom. The van der Waals surface area contributed by atoms with Crippen LogP contribution >= 0.6 is 0 Å². The molecule has 1 aliphatic rings. The first kappa shape index (κ1) is 13.3. The minimum Gasteiger partial charge on any atom is -0.489 e. The maximum absolute atomic E-state index is 11.5. The first-order chi connectivity index (χ1) is 9.10. The summed E-state index contributed by atoms with van der Waals surface area (Å²) in [6.45, 7) is 3.14. The van der Waals surface area contributed by atoms with Crippen LogP contribution in [-0.4, -0.2) is 34.9 Å². The lowest BCUT2D eigenvalue weighted by molar-refractivity contribution is -0.384. The molecule has 1 aromatic carbocycles. The Hall–Kier alpha value is -2.11. The topological polar surface area (TPSA) is 72.7 Å². The standard InChI is InChI=1S/C13H16N2O4/c1-2-13(16)14-8-7-12(9-14)19-11-5-3-10(4-6-11)15(17)18/h3-6,12H,2,7-9H2,1H3/t12-/m0/s1. The maximum Gasteiger partial charge on any atom is 0.269 e. The van der Waals surface area contributed by atoms with Crippen molar-refractivity contribution in [2.45, 2.75) is 25.9 Å². The smallest absolute Gasteiger partial charge is 0.269 e. The van der Waals surface area contributed by atoms with Gasteiger partial charge in [-0.15, -0.1) is 0 Å². The van der Waals surface area contributed by atoms with Crippen molar-refractivity contribution in [3.05, 3.63) is 34.4 Å². The highest BCUT2D eigenvalue weighted by Gasteiger charge is 2.26. The molecule has 0 aliphatic carbocycles. The van der Waals surface area contributed by atoms with Gasteiger partial charge in [0, 0.05) is 31.5 Å². The number of nitro benzene ring substituents is 1. The van der Waals surface area contributed by atoms with Crippen molar-refractivity contribution < 1.29 is 14.5 Å². The Morgan fingerprint density at radius 2 is 2.16 bits per heavy atom. The average molecular weight is 264 g/mol. The van der Waals surface area contributed by atoms with Crippen LogP contribution in [0.15, 0.2) is 24.3 Å². The second-order valence-corrected chi connectivity index (χ2v) is 4.47. The van der Waals surface area contributed by atoms with Crippen LogP contribution < -0.4 is 4.74 Å². The van der Waals surface area contributed by atoms with Gasteiger partial charge in [0.05, 0.1) is 11.5 Å². The fraction of sp³-hybridized carbons (Fsp3) is 0.462. The molecule has 19 heavy (non-hydrogen) atoms. The van der Waals surface area contributed by atoms with E-state index in [9.17, 15) is 14.9 Å². The van der Waals surface area contributed by atoms with Gasteiger partial charge in [-0.3, -0.25) is 14.9 Å². The van der Waals surface area contributed by atoms with Gasteiger partial charge >= 0.3 is 0 Å². The van der Waals surface area contributed by atoms with Crippen molar-refractivity contribution in [1.29, 1.82) is 0 Å². The second kappa shape index (κ2) is 5.69. The summed E-state index contributed by atoms with van der Waals surface area (Å²) < 4.78 is 5.72. The van der Waals surface area contributed by atoms with Gasteiger partial charge in [0.25, 0.3) is 5.69 Å². The summed E-state index contributed by atoms with van der Waals surface area (Å²) in [5, 5.41) is 10.5. The molecule has 0 N–H and O–H groups in total. The molecule has 1 aliphatic heterocycles. The van der Waals surface area contributed by atoms with Gasteiger partial charge in [-0.25, -0.2) is 0 Å². The van der Waals surface area contributed by atoms with Gasteiger partial charge in [-0.1, -0.05) is 6.92 Å². The highest BCUT2D eigenvalue weighted by atomic mass is 16.6. The van der Waals surface area contributed by atoms with E-state index < -0.39 is 4.92 Å². The van der Waals surface area contributed by atoms with E-state index in [0.717, 1.165) is 6.42 Å². The fourth-order valence-corrected chi connectivity index (χ4v) is 2.11. The first-order valence-corrected chi connectivity index (χ1v) is 6.29. The molecule has 102 valence electrons. The molecule has 1 amide bonds. The SMILES string of the molecule is CCC(=O)N1CC[C@H](Oc2ccc([N+](=O)[O-])cc2)C1. The van der Waals surface area contributed by atoms with Gasteiger partial charge in [-0.05, 0) is 12.1 Å². The number of nitrogens with zero attached hydrogens (tertiary/aromatic N) is 2. The number of ether oxygens (including phenoxy) is 1. The van der Waals surface area contributed by atoms with E-state index in [1.165, 1.54) is 12.1 Å². The summed E-state index contributed by atoms with van der Waals surface area (Å²) in [5.41, 5.74) is 0.0431. The van der Waals surface area contributed by atoms with Crippen molar-refractivity contribution in [2.24, 2.45) is 0 Å². The third-order valence-electron chi connectivity index (χ3n) is 3.15. The van der Waals surface area contributed by atoms with Crippen LogP contribution in [0.2, 0.25) is 0 Å². The first-order valence-electron chi connectivity index (χ1n) is 6.29. The number of benzene rings is 1. The Labute approximate surface area is 111 Å². The summed E-state index contributed by atoms with van der Waals surface area (Å²) >= 11 is 0. The Kier molecular flexibility index (Phi) is 3.99. The predicted molar refractivity (Wildman–Crippen MR) is 69.0 cm³/mol. The number of hydrogen-bond donors (Lipinski definition) is 0. The number of hydrogen-bond acceptors (Lipinski definition) is 4. The average Bonchev–Trinajstić information content (AvgIpc) is 2.87. The van der Waals surface area contributed by atoms with Crippen molar-refractivity contribution in [3.8, 4) is 5.75 Å². The molecule has 0 spiro atoms. The molecular weight excluding hydrogens is 248 g/mol. The molecule has 0 bridgehead atoms. The molecule has 6 heteroatoms. The molecule has 0 radical (unpaired) electrons. The number of nitro groups is 1. The van der Waals surface area contributed by atoms with Crippen molar-refractivity contribution >= 4 is 11.6 Å². The highest BCUT2D eigenvalue weighted by Crippen LogP contribution is 2.21. The third kappa shape index (κ3) is 3.21. The van der Waals surface area contributed by atoms with Gasteiger partial charge in [-0.2, -0.15) is 0 Å². The van der Waals surface area contributed by atoms with E-state index in [0.29, 0.717) is 25.3 Å². The largest absolute Gasteiger partial charge is 0.489 e. The van der Waals surface area contributed by atoms with Crippen LogP contribution in [0.25, 0.3) is 0 Å². The Bertz CT molecular complexity index is 472. The zero-order chi connectivity index (χ0) is 13.8. The number of amides is 1. The van der Waals surface area contributed by atoms with Crippen LogP contribution in [-0.2, 0) is 4.79 Å². The van der Waals surface area contributed by atoms with E-state index in [1.54, 1.807) is 17.0 Å². The maximum atomic E-state index is 11.5. The Balaban J connectivity index is 1.92. The monoisotopic (exact) mass is 264 g/mol. The van der Waals surface area contributed by atoms with E-state index in [1.807, 2.05) is 6.92 Å². The lowest BCUT2D eigenvalue weighted by Gasteiger charge is -2.16. The predicted octanol–water partition coefficient (Wildman–Crippen LogP) is 1.98. The summed E-state index contributed by atoms with van der Waals surface area (Å²) in [6, 6.07) is 6.00. The zero-order valence-electron chi connectivity index (χ0n) is 10.7. The highest BCUT2D eigenvalue weighted by molar-refractivity contribution is 5.76. The van der Waals surface area contributed by atoms with Gasteiger partial charge in [0.15, 0.2) is 0 Å². The second-order valence-electron chi connectivity index (χ2n) is 4.47. The molecule has 0 aromatic heterocycles. The van der Waals surface area contributed by atoms with Crippen LogP contribution in [0.1, 0.15) is 19.8 Å². The summed E-state index contributed by atoms with van der Waals surface area (Å²) in [4.78, 5) is 23.4. The molecule has 0 saturated carbocycles. The lowest BCUT2D eigenvalue weighted by Crippen LogP contribution is -2.30. The van der Waals surface area contributed by atoms with Crippen LogP contribution in [0.4, 0.5) is 5.69 Å². The normalized spacial score (nSPS) is 18.4. The van der Waals surface area contributed by atoms with Crippen LogP contribution in [0.5, 0.6) is 5.75 Å². The lowest BCUT2D eigenvalue weighted by atomic mass is 10.3. The van der Waals surface area contributed by atoms with Crippen molar-refractivity contribution in [2.75, 3.05) is 13.1 Å². The molecule has 6 nitrogen and oxygen atoms in total. The number of non-ortho nitro benzene ring substituents is 1. The molecule has 1 atom stereocenters.